The molecule has 0 spiro atoms. The highest BCUT2D eigenvalue weighted by Crippen LogP contribution is 2.42. The normalized spacial score (nSPS) is 18.0. The van der Waals surface area contributed by atoms with Gasteiger partial charge in [0.1, 0.15) is 0 Å². The van der Waals surface area contributed by atoms with Crippen molar-refractivity contribution in [2.24, 2.45) is 4.99 Å². The van der Waals surface area contributed by atoms with Crippen LogP contribution in [0.4, 0.5) is 0 Å². The molecule has 0 amide bonds. The Morgan fingerprint density at radius 1 is 1.26 bits per heavy atom. The van der Waals surface area contributed by atoms with Crippen LogP contribution in [0.2, 0.25) is 0 Å². The van der Waals surface area contributed by atoms with Gasteiger partial charge in [0.05, 0.1) is 10.4 Å². The Hall–Kier alpha value is -1.45. The predicted octanol–water partition coefficient (Wildman–Crippen LogP) is 2.50. The van der Waals surface area contributed by atoms with Crippen LogP contribution in [0.3, 0.4) is 0 Å². The van der Waals surface area contributed by atoms with Crippen LogP contribution < -0.4 is 0 Å². The van der Waals surface area contributed by atoms with Crippen molar-refractivity contribution in [2.45, 2.75) is 43.0 Å². The second-order valence-electron chi connectivity index (χ2n) is 5.19. The minimum atomic E-state index is -3.21. The summed E-state index contributed by atoms with van der Waals surface area (Å²) in [5.74, 6) is 0. The van der Waals surface area contributed by atoms with E-state index in [9.17, 15) is 13.2 Å². The van der Waals surface area contributed by atoms with Crippen LogP contribution in [0.15, 0.2) is 28.1 Å². The van der Waals surface area contributed by atoms with E-state index in [1.807, 2.05) is 6.07 Å². The molecule has 0 atom stereocenters. The summed E-state index contributed by atoms with van der Waals surface area (Å²) >= 11 is 0. The first-order chi connectivity index (χ1) is 8.89. The summed E-state index contributed by atoms with van der Waals surface area (Å²) in [6.45, 7) is 1.77. The van der Waals surface area contributed by atoms with Crippen LogP contribution in [0.5, 0.6) is 0 Å². The van der Waals surface area contributed by atoms with E-state index in [4.69, 9.17) is 0 Å². The molecule has 19 heavy (non-hydrogen) atoms. The SMILES string of the molecule is Cc1cc(C2(N=C=O)CCCC2)ccc1S(C)(=O)=O. The molecule has 1 saturated carbocycles. The molecule has 1 aliphatic rings. The van der Waals surface area contributed by atoms with Gasteiger partial charge in [-0.1, -0.05) is 25.0 Å². The van der Waals surface area contributed by atoms with E-state index >= 15 is 0 Å². The molecule has 0 aromatic heterocycles. The van der Waals surface area contributed by atoms with Crippen molar-refractivity contribution >= 4 is 15.9 Å². The average molecular weight is 279 g/mol. The van der Waals surface area contributed by atoms with Crippen molar-refractivity contribution in [1.29, 1.82) is 0 Å². The van der Waals surface area contributed by atoms with Crippen molar-refractivity contribution < 1.29 is 13.2 Å². The van der Waals surface area contributed by atoms with Crippen molar-refractivity contribution in [2.75, 3.05) is 6.26 Å². The van der Waals surface area contributed by atoms with Crippen molar-refractivity contribution in [3.8, 4) is 0 Å². The summed E-state index contributed by atoms with van der Waals surface area (Å²) in [7, 11) is -3.21. The number of aryl methyl sites for hydroxylation is 1. The fraction of sp³-hybridized carbons (Fsp3) is 0.500. The quantitative estimate of drug-likeness (QED) is 0.631. The van der Waals surface area contributed by atoms with Crippen LogP contribution >= 0.6 is 0 Å². The highest BCUT2D eigenvalue weighted by molar-refractivity contribution is 7.90. The maximum Gasteiger partial charge on any atom is 0.235 e. The fourth-order valence-electron chi connectivity index (χ4n) is 2.87. The van der Waals surface area contributed by atoms with Gasteiger partial charge in [-0.05, 0) is 37.0 Å². The molecule has 1 aromatic rings. The fourth-order valence-corrected chi connectivity index (χ4v) is 3.83. The molecule has 0 saturated heterocycles. The van der Waals surface area contributed by atoms with Gasteiger partial charge in [0.25, 0.3) is 0 Å². The lowest BCUT2D eigenvalue weighted by Gasteiger charge is -2.23. The molecule has 1 fully saturated rings. The van der Waals surface area contributed by atoms with E-state index in [0.29, 0.717) is 10.5 Å². The van der Waals surface area contributed by atoms with E-state index in [-0.39, 0.29) is 0 Å². The number of rotatable bonds is 3. The zero-order chi connectivity index (χ0) is 14.1. The van der Waals surface area contributed by atoms with E-state index in [1.54, 1.807) is 25.1 Å². The number of hydrogen-bond donors (Lipinski definition) is 0. The molecule has 0 heterocycles. The molecule has 0 N–H and O–H groups in total. The predicted molar refractivity (Wildman–Crippen MR) is 72.6 cm³/mol. The smallest absolute Gasteiger partial charge is 0.224 e. The summed E-state index contributed by atoms with van der Waals surface area (Å²) < 4.78 is 23.2. The standard InChI is InChI=1S/C14H17NO3S/c1-11-9-12(5-6-13(11)19(2,17)18)14(15-10-16)7-3-4-8-14/h5-6,9H,3-4,7-8H2,1-2H3. The summed E-state index contributed by atoms with van der Waals surface area (Å²) in [6.07, 6.45) is 6.56. The van der Waals surface area contributed by atoms with Crippen molar-refractivity contribution in [3.05, 3.63) is 29.3 Å². The highest BCUT2D eigenvalue weighted by atomic mass is 32.2. The molecule has 0 aliphatic heterocycles. The zero-order valence-corrected chi connectivity index (χ0v) is 12.0. The van der Waals surface area contributed by atoms with Gasteiger partial charge in [0, 0.05) is 6.26 Å². The zero-order valence-electron chi connectivity index (χ0n) is 11.1. The third-order valence-corrected chi connectivity index (χ3v) is 5.06. The van der Waals surface area contributed by atoms with Gasteiger partial charge in [-0.3, -0.25) is 0 Å². The Morgan fingerprint density at radius 3 is 2.37 bits per heavy atom. The molecule has 1 aromatic carbocycles. The summed E-state index contributed by atoms with van der Waals surface area (Å²) in [4.78, 5) is 15.0. The third kappa shape index (κ3) is 2.62. The number of sulfone groups is 1. The van der Waals surface area contributed by atoms with Gasteiger partial charge in [-0.2, -0.15) is 4.99 Å². The summed E-state index contributed by atoms with van der Waals surface area (Å²) in [6, 6.07) is 5.22. The maximum atomic E-state index is 11.6. The lowest BCUT2D eigenvalue weighted by atomic mass is 9.88. The number of nitrogens with zero attached hydrogens (tertiary/aromatic N) is 1. The molecule has 0 unspecified atom stereocenters. The molecule has 0 bridgehead atoms. The molecule has 5 heteroatoms. The second-order valence-corrected chi connectivity index (χ2v) is 7.18. The summed E-state index contributed by atoms with van der Waals surface area (Å²) in [5.41, 5.74) is 1.12. The van der Waals surface area contributed by atoms with Gasteiger partial charge < -0.3 is 0 Å². The van der Waals surface area contributed by atoms with Gasteiger partial charge in [-0.15, -0.1) is 0 Å². The first kappa shape index (κ1) is 14.0. The monoisotopic (exact) mass is 279 g/mol. The Kier molecular flexibility index (Phi) is 3.61. The molecule has 0 radical (unpaired) electrons. The third-order valence-electron chi connectivity index (χ3n) is 3.80. The molecular weight excluding hydrogens is 262 g/mol. The lowest BCUT2D eigenvalue weighted by molar-refractivity contribution is 0.455. The van der Waals surface area contributed by atoms with Crippen molar-refractivity contribution in [3.63, 3.8) is 0 Å². The average Bonchev–Trinajstić information content (AvgIpc) is 2.77. The first-order valence-electron chi connectivity index (χ1n) is 6.29. The van der Waals surface area contributed by atoms with Crippen LogP contribution in [-0.4, -0.2) is 20.8 Å². The van der Waals surface area contributed by atoms with Gasteiger partial charge in [-0.25, -0.2) is 13.2 Å². The minimum Gasteiger partial charge on any atom is -0.224 e. The topological polar surface area (TPSA) is 63.6 Å². The maximum absolute atomic E-state index is 11.6. The van der Waals surface area contributed by atoms with Crippen LogP contribution in [-0.2, 0) is 20.2 Å². The lowest BCUT2D eigenvalue weighted by Crippen LogP contribution is -2.19. The van der Waals surface area contributed by atoms with Crippen molar-refractivity contribution in [1.82, 2.24) is 0 Å². The molecule has 1 aliphatic carbocycles. The van der Waals surface area contributed by atoms with E-state index < -0.39 is 15.4 Å². The summed E-state index contributed by atoms with van der Waals surface area (Å²) in [5, 5.41) is 0. The molecular formula is C14H17NO3S. The number of hydrogen-bond acceptors (Lipinski definition) is 4. The van der Waals surface area contributed by atoms with Crippen LogP contribution in [0.1, 0.15) is 36.8 Å². The number of benzene rings is 1. The van der Waals surface area contributed by atoms with Crippen LogP contribution in [0, 0.1) is 6.92 Å². The Bertz CT molecular complexity index is 637. The second kappa shape index (κ2) is 4.91. The minimum absolute atomic E-state index is 0.333. The number of carbonyl (C=O) groups excluding carboxylic acids is 1. The van der Waals surface area contributed by atoms with E-state index in [0.717, 1.165) is 31.2 Å². The van der Waals surface area contributed by atoms with E-state index in [1.165, 1.54) is 6.26 Å². The Labute approximate surface area is 113 Å². The largest absolute Gasteiger partial charge is 0.235 e. The van der Waals surface area contributed by atoms with Crippen LogP contribution in [0.25, 0.3) is 0 Å². The Balaban J connectivity index is 2.53. The first-order valence-corrected chi connectivity index (χ1v) is 8.18. The number of isocyanates is 1. The molecule has 4 nitrogen and oxygen atoms in total. The van der Waals surface area contributed by atoms with Gasteiger partial charge >= 0.3 is 0 Å². The van der Waals surface area contributed by atoms with E-state index in [2.05, 4.69) is 4.99 Å². The highest BCUT2D eigenvalue weighted by Gasteiger charge is 2.36. The Morgan fingerprint density at radius 2 is 1.89 bits per heavy atom. The van der Waals surface area contributed by atoms with Gasteiger partial charge in [0.15, 0.2) is 9.84 Å². The molecule has 102 valence electrons. The van der Waals surface area contributed by atoms with Gasteiger partial charge in [0.2, 0.25) is 6.08 Å². The number of aliphatic imine (C=N–C) groups is 1. The molecule has 2 rings (SSSR count).